The van der Waals surface area contributed by atoms with E-state index in [2.05, 4.69) is 25.8 Å². The molecule has 0 N–H and O–H groups in total. The number of thioether (sulfide) groups is 1. The normalized spacial score (nSPS) is 22.1. The third-order valence-electron chi connectivity index (χ3n) is 2.85. The molecule has 1 aromatic heterocycles. The number of amidine groups is 1. The Hall–Kier alpha value is -0.590. The summed E-state index contributed by atoms with van der Waals surface area (Å²) in [5.41, 5.74) is 0. The highest BCUT2D eigenvalue weighted by molar-refractivity contribution is 9.11. The van der Waals surface area contributed by atoms with Crippen molar-refractivity contribution in [1.29, 1.82) is 0 Å². The monoisotopic (exact) mass is 342 g/mol. The van der Waals surface area contributed by atoms with E-state index in [0.717, 1.165) is 31.8 Å². The number of halogens is 1. The molecular weight excluding hydrogens is 332 g/mol. The standard InChI is InChI=1S/C12H11BrN2OS2/c13-10-4-3-8(17-10)7-9-11(16)14-12(18-9)15-5-1-2-6-15/h3-4,7H,1-2,5-6H2/b9-7-. The van der Waals surface area contributed by atoms with Gasteiger partial charge < -0.3 is 4.90 Å². The fourth-order valence-electron chi connectivity index (χ4n) is 1.98. The van der Waals surface area contributed by atoms with E-state index in [4.69, 9.17) is 0 Å². The summed E-state index contributed by atoms with van der Waals surface area (Å²) in [6.45, 7) is 2.05. The molecule has 0 spiro atoms. The van der Waals surface area contributed by atoms with E-state index < -0.39 is 0 Å². The first-order chi connectivity index (χ1) is 8.72. The Morgan fingerprint density at radius 3 is 2.78 bits per heavy atom. The fourth-order valence-corrected chi connectivity index (χ4v) is 4.37. The zero-order chi connectivity index (χ0) is 12.5. The van der Waals surface area contributed by atoms with Crippen molar-refractivity contribution in [3.8, 4) is 0 Å². The molecule has 0 unspecified atom stereocenters. The molecule has 1 fully saturated rings. The molecule has 3 heterocycles. The number of hydrogen-bond donors (Lipinski definition) is 0. The van der Waals surface area contributed by atoms with Gasteiger partial charge in [0.2, 0.25) is 0 Å². The molecule has 0 aliphatic carbocycles. The summed E-state index contributed by atoms with van der Waals surface area (Å²) < 4.78 is 1.07. The first-order valence-corrected chi connectivity index (χ1v) is 8.18. The third-order valence-corrected chi connectivity index (χ3v) is 5.47. The molecule has 0 aromatic carbocycles. The first-order valence-electron chi connectivity index (χ1n) is 5.75. The van der Waals surface area contributed by atoms with E-state index in [-0.39, 0.29) is 5.91 Å². The summed E-state index contributed by atoms with van der Waals surface area (Å²) >= 11 is 6.54. The summed E-state index contributed by atoms with van der Waals surface area (Å²) in [4.78, 5) is 20.0. The topological polar surface area (TPSA) is 32.7 Å². The van der Waals surface area contributed by atoms with Crippen molar-refractivity contribution < 1.29 is 4.79 Å². The Labute approximate surface area is 122 Å². The van der Waals surface area contributed by atoms with Crippen molar-refractivity contribution >= 4 is 56.2 Å². The van der Waals surface area contributed by atoms with Crippen LogP contribution in [0.15, 0.2) is 25.8 Å². The predicted molar refractivity (Wildman–Crippen MR) is 80.8 cm³/mol. The number of likely N-dealkylation sites (tertiary alicyclic amines) is 1. The van der Waals surface area contributed by atoms with Gasteiger partial charge in [-0.3, -0.25) is 4.79 Å². The molecule has 3 rings (SSSR count). The van der Waals surface area contributed by atoms with Crippen LogP contribution in [0.25, 0.3) is 6.08 Å². The SMILES string of the molecule is O=C1N=C(N2CCCC2)S/C1=C\c1ccc(Br)s1. The summed E-state index contributed by atoms with van der Waals surface area (Å²) in [6.07, 6.45) is 4.32. The Bertz CT molecular complexity index is 544. The average molecular weight is 343 g/mol. The number of amides is 1. The molecule has 0 saturated carbocycles. The van der Waals surface area contributed by atoms with Crippen LogP contribution in [-0.4, -0.2) is 29.1 Å². The lowest BCUT2D eigenvalue weighted by atomic mass is 10.4. The summed E-state index contributed by atoms with van der Waals surface area (Å²) in [5.74, 6) is -0.105. The van der Waals surface area contributed by atoms with Crippen molar-refractivity contribution in [1.82, 2.24) is 4.90 Å². The highest BCUT2D eigenvalue weighted by atomic mass is 79.9. The molecule has 0 bridgehead atoms. The summed E-state index contributed by atoms with van der Waals surface area (Å²) in [7, 11) is 0. The maximum absolute atomic E-state index is 11.8. The van der Waals surface area contributed by atoms with Gasteiger partial charge in [0, 0.05) is 18.0 Å². The van der Waals surface area contributed by atoms with Crippen LogP contribution in [0.5, 0.6) is 0 Å². The Balaban J connectivity index is 1.77. The molecule has 1 saturated heterocycles. The molecular formula is C12H11BrN2OS2. The maximum atomic E-state index is 11.8. The van der Waals surface area contributed by atoms with Crippen molar-refractivity contribution in [2.75, 3.05) is 13.1 Å². The Morgan fingerprint density at radius 1 is 1.33 bits per heavy atom. The van der Waals surface area contributed by atoms with Crippen LogP contribution in [0.4, 0.5) is 0 Å². The van der Waals surface area contributed by atoms with Crippen LogP contribution in [0.3, 0.4) is 0 Å². The third kappa shape index (κ3) is 2.55. The maximum Gasteiger partial charge on any atom is 0.286 e. The van der Waals surface area contributed by atoms with Crippen molar-refractivity contribution in [3.63, 3.8) is 0 Å². The van der Waals surface area contributed by atoms with Gasteiger partial charge in [0.25, 0.3) is 5.91 Å². The zero-order valence-corrected chi connectivity index (χ0v) is 12.8. The lowest BCUT2D eigenvalue weighted by Gasteiger charge is -2.14. The highest BCUT2D eigenvalue weighted by Gasteiger charge is 2.27. The number of nitrogens with zero attached hydrogens (tertiary/aromatic N) is 2. The molecule has 2 aliphatic rings. The summed E-state index contributed by atoms with van der Waals surface area (Å²) in [6, 6.07) is 3.99. The summed E-state index contributed by atoms with van der Waals surface area (Å²) in [5, 5.41) is 0.874. The average Bonchev–Trinajstić information content (AvgIpc) is 3.02. The second-order valence-electron chi connectivity index (χ2n) is 4.15. The molecule has 2 aliphatic heterocycles. The fraction of sp³-hybridized carbons (Fsp3) is 0.333. The predicted octanol–water partition coefficient (Wildman–Crippen LogP) is 3.58. The van der Waals surface area contributed by atoms with Gasteiger partial charge in [-0.1, -0.05) is 0 Å². The number of hydrogen-bond acceptors (Lipinski definition) is 4. The molecule has 1 aromatic rings. The van der Waals surface area contributed by atoms with Crippen LogP contribution in [-0.2, 0) is 4.79 Å². The lowest BCUT2D eigenvalue weighted by Crippen LogP contribution is -2.23. The molecule has 0 radical (unpaired) electrons. The van der Waals surface area contributed by atoms with Crippen molar-refractivity contribution in [3.05, 3.63) is 25.7 Å². The first kappa shape index (κ1) is 12.4. The van der Waals surface area contributed by atoms with E-state index in [1.807, 2.05) is 18.2 Å². The highest BCUT2D eigenvalue weighted by Crippen LogP contribution is 2.33. The Morgan fingerprint density at radius 2 is 2.11 bits per heavy atom. The van der Waals surface area contributed by atoms with Crippen molar-refractivity contribution in [2.45, 2.75) is 12.8 Å². The molecule has 6 heteroatoms. The van der Waals surface area contributed by atoms with Crippen LogP contribution < -0.4 is 0 Å². The van der Waals surface area contributed by atoms with E-state index in [1.54, 1.807) is 11.3 Å². The second-order valence-corrected chi connectivity index (χ2v) is 7.65. The van der Waals surface area contributed by atoms with E-state index in [9.17, 15) is 4.79 Å². The van der Waals surface area contributed by atoms with Gasteiger partial charge in [0.1, 0.15) is 0 Å². The minimum atomic E-state index is -0.105. The quantitative estimate of drug-likeness (QED) is 0.731. The Kier molecular flexibility index (Phi) is 3.59. The molecule has 0 atom stereocenters. The van der Waals surface area contributed by atoms with Gasteiger partial charge in [0.15, 0.2) is 5.17 Å². The van der Waals surface area contributed by atoms with Gasteiger partial charge >= 0.3 is 0 Å². The van der Waals surface area contributed by atoms with Gasteiger partial charge in [-0.2, -0.15) is 4.99 Å². The number of thiophene rings is 1. The number of aliphatic imine (C=N–C) groups is 1. The minimum Gasteiger partial charge on any atom is -0.351 e. The van der Waals surface area contributed by atoms with E-state index >= 15 is 0 Å². The lowest BCUT2D eigenvalue weighted by molar-refractivity contribution is -0.113. The number of carbonyl (C=O) groups excluding carboxylic acids is 1. The van der Waals surface area contributed by atoms with Gasteiger partial charge in [-0.15, -0.1) is 11.3 Å². The van der Waals surface area contributed by atoms with Crippen LogP contribution in [0, 0.1) is 0 Å². The van der Waals surface area contributed by atoms with E-state index in [1.165, 1.54) is 24.6 Å². The zero-order valence-electron chi connectivity index (χ0n) is 9.56. The largest absolute Gasteiger partial charge is 0.351 e. The number of carbonyl (C=O) groups is 1. The van der Waals surface area contributed by atoms with Crippen molar-refractivity contribution in [2.24, 2.45) is 4.99 Å². The van der Waals surface area contributed by atoms with Gasteiger partial charge in [-0.05, 0) is 58.7 Å². The molecule has 3 nitrogen and oxygen atoms in total. The minimum absolute atomic E-state index is 0.105. The smallest absolute Gasteiger partial charge is 0.286 e. The molecule has 18 heavy (non-hydrogen) atoms. The van der Waals surface area contributed by atoms with Crippen LogP contribution >= 0.6 is 39.0 Å². The number of rotatable bonds is 1. The molecule has 94 valence electrons. The van der Waals surface area contributed by atoms with Crippen LogP contribution in [0.1, 0.15) is 17.7 Å². The van der Waals surface area contributed by atoms with E-state index in [0.29, 0.717) is 0 Å². The van der Waals surface area contributed by atoms with Gasteiger partial charge in [0.05, 0.1) is 8.69 Å². The van der Waals surface area contributed by atoms with Gasteiger partial charge in [-0.25, -0.2) is 0 Å². The second kappa shape index (κ2) is 5.19. The molecule has 1 amide bonds. The van der Waals surface area contributed by atoms with Crippen LogP contribution in [0.2, 0.25) is 0 Å².